The van der Waals surface area contributed by atoms with Gasteiger partial charge in [0.2, 0.25) is 5.91 Å². The fourth-order valence-electron chi connectivity index (χ4n) is 3.00. The van der Waals surface area contributed by atoms with Crippen LogP contribution in [0.2, 0.25) is 0 Å². The highest BCUT2D eigenvalue weighted by molar-refractivity contribution is 5.91. The van der Waals surface area contributed by atoms with Crippen LogP contribution < -0.4 is 11.1 Å². The van der Waals surface area contributed by atoms with Gasteiger partial charge in [0.25, 0.3) is 0 Å². The Morgan fingerprint density at radius 3 is 2.45 bits per heavy atom. The molecule has 0 atom stereocenters. The van der Waals surface area contributed by atoms with Crippen LogP contribution >= 0.6 is 0 Å². The molecule has 1 fully saturated rings. The number of anilines is 1. The van der Waals surface area contributed by atoms with E-state index in [1.807, 2.05) is 12.1 Å². The molecule has 0 bridgehead atoms. The molecule has 0 saturated heterocycles. The minimum Gasteiger partial charge on any atom is -0.326 e. The molecule has 2 rings (SSSR count). The average molecular weight is 274 g/mol. The van der Waals surface area contributed by atoms with E-state index in [4.69, 9.17) is 5.73 Å². The summed E-state index contributed by atoms with van der Waals surface area (Å²) in [5, 5.41) is 2.96. The quantitative estimate of drug-likeness (QED) is 0.861. The second-order valence-corrected chi connectivity index (χ2v) is 6.09. The van der Waals surface area contributed by atoms with Crippen molar-refractivity contribution in [3.05, 3.63) is 29.8 Å². The minimum atomic E-state index is -0.287. The Morgan fingerprint density at radius 2 is 1.85 bits per heavy atom. The van der Waals surface area contributed by atoms with Crippen molar-refractivity contribution in [3.8, 4) is 0 Å². The van der Waals surface area contributed by atoms with Crippen molar-refractivity contribution in [2.75, 3.05) is 5.32 Å². The number of rotatable bonds is 5. The van der Waals surface area contributed by atoms with Crippen molar-refractivity contribution >= 4 is 11.6 Å². The Kier molecular flexibility index (Phi) is 5.18. The van der Waals surface area contributed by atoms with Gasteiger partial charge in [-0.25, -0.2) is 0 Å². The van der Waals surface area contributed by atoms with Gasteiger partial charge >= 0.3 is 0 Å². The van der Waals surface area contributed by atoms with Crippen molar-refractivity contribution in [2.45, 2.75) is 63.8 Å². The van der Waals surface area contributed by atoms with Crippen molar-refractivity contribution < 1.29 is 4.79 Å². The second-order valence-electron chi connectivity index (χ2n) is 6.09. The number of hydrogen-bond donors (Lipinski definition) is 2. The molecule has 20 heavy (non-hydrogen) atoms. The monoisotopic (exact) mass is 274 g/mol. The van der Waals surface area contributed by atoms with Crippen LogP contribution in [0.5, 0.6) is 0 Å². The van der Waals surface area contributed by atoms with E-state index in [-0.39, 0.29) is 11.4 Å². The van der Waals surface area contributed by atoms with E-state index < -0.39 is 0 Å². The molecule has 3 N–H and O–H groups in total. The maximum atomic E-state index is 12.1. The third kappa shape index (κ3) is 4.34. The Bertz CT molecular complexity index is 433. The van der Waals surface area contributed by atoms with E-state index in [0.29, 0.717) is 6.42 Å². The molecule has 0 unspecified atom stereocenters. The summed E-state index contributed by atoms with van der Waals surface area (Å²) in [6, 6.07) is 8.12. The van der Waals surface area contributed by atoms with Crippen molar-refractivity contribution in [1.82, 2.24) is 0 Å². The Hall–Kier alpha value is -1.35. The Morgan fingerprint density at radius 1 is 1.20 bits per heavy atom. The van der Waals surface area contributed by atoms with Crippen LogP contribution in [-0.4, -0.2) is 11.4 Å². The zero-order valence-corrected chi connectivity index (χ0v) is 12.5. The van der Waals surface area contributed by atoms with Gasteiger partial charge in [0.15, 0.2) is 0 Å². The molecular formula is C17H26N2O. The smallest absolute Gasteiger partial charge is 0.226 e. The van der Waals surface area contributed by atoms with Crippen LogP contribution in [0.4, 0.5) is 5.69 Å². The summed E-state index contributed by atoms with van der Waals surface area (Å²) in [7, 11) is 0. The second kappa shape index (κ2) is 6.89. The van der Waals surface area contributed by atoms with E-state index in [0.717, 1.165) is 44.2 Å². The zero-order valence-electron chi connectivity index (χ0n) is 12.5. The minimum absolute atomic E-state index is 0.0395. The van der Waals surface area contributed by atoms with Gasteiger partial charge in [0, 0.05) is 17.6 Å². The molecule has 0 aliphatic heterocycles. The molecule has 0 aromatic heterocycles. The highest BCUT2D eigenvalue weighted by Gasteiger charge is 2.29. The lowest BCUT2D eigenvalue weighted by Gasteiger charge is -2.32. The molecule has 1 amide bonds. The molecule has 1 aromatic rings. The normalized spacial score (nSPS) is 17.7. The highest BCUT2D eigenvalue weighted by atomic mass is 16.1. The first-order valence-corrected chi connectivity index (χ1v) is 7.79. The van der Waals surface area contributed by atoms with Gasteiger partial charge in [0.1, 0.15) is 0 Å². The molecule has 0 radical (unpaired) electrons. The SMILES string of the molecule is CCCc1ccc(NC(=O)CC2(N)CCCCC2)cc1. The summed E-state index contributed by atoms with van der Waals surface area (Å²) < 4.78 is 0. The van der Waals surface area contributed by atoms with Crippen LogP contribution in [-0.2, 0) is 11.2 Å². The molecule has 3 heteroatoms. The van der Waals surface area contributed by atoms with E-state index in [2.05, 4.69) is 24.4 Å². The van der Waals surface area contributed by atoms with Gasteiger partial charge in [-0.1, -0.05) is 44.7 Å². The van der Waals surface area contributed by atoms with E-state index in [1.165, 1.54) is 12.0 Å². The number of hydrogen-bond acceptors (Lipinski definition) is 2. The lowest BCUT2D eigenvalue weighted by molar-refractivity contribution is -0.117. The number of carbonyl (C=O) groups excluding carboxylic acids is 1. The molecule has 1 aliphatic carbocycles. The van der Waals surface area contributed by atoms with Crippen LogP contribution in [0.3, 0.4) is 0 Å². The summed E-state index contributed by atoms with van der Waals surface area (Å²) in [5.41, 5.74) is 8.21. The third-order valence-electron chi connectivity index (χ3n) is 4.14. The first-order valence-electron chi connectivity index (χ1n) is 7.79. The first kappa shape index (κ1) is 15.0. The van der Waals surface area contributed by atoms with E-state index >= 15 is 0 Å². The number of benzene rings is 1. The molecule has 1 aromatic carbocycles. The van der Waals surface area contributed by atoms with Crippen molar-refractivity contribution in [2.24, 2.45) is 5.73 Å². The molecular weight excluding hydrogens is 248 g/mol. The van der Waals surface area contributed by atoms with Crippen molar-refractivity contribution in [1.29, 1.82) is 0 Å². The lowest BCUT2D eigenvalue weighted by Crippen LogP contribution is -2.44. The standard InChI is InChI=1S/C17H26N2O/c1-2-6-14-7-9-15(10-8-14)19-16(20)13-17(18)11-4-3-5-12-17/h7-10H,2-6,11-13,18H2,1H3,(H,19,20). The van der Waals surface area contributed by atoms with Gasteiger partial charge in [0.05, 0.1) is 0 Å². The third-order valence-corrected chi connectivity index (χ3v) is 4.14. The van der Waals surface area contributed by atoms with Gasteiger partial charge in [-0.15, -0.1) is 0 Å². The number of amides is 1. The Balaban J connectivity index is 1.87. The fraction of sp³-hybridized carbons (Fsp3) is 0.588. The number of aryl methyl sites for hydroxylation is 1. The van der Waals surface area contributed by atoms with Crippen LogP contribution in [0.1, 0.15) is 57.4 Å². The van der Waals surface area contributed by atoms with Crippen molar-refractivity contribution in [3.63, 3.8) is 0 Å². The summed E-state index contributed by atoms with van der Waals surface area (Å²) in [4.78, 5) is 12.1. The van der Waals surface area contributed by atoms with E-state index in [9.17, 15) is 4.79 Å². The predicted molar refractivity (Wildman–Crippen MR) is 83.7 cm³/mol. The number of nitrogens with two attached hydrogens (primary N) is 1. The number of carbonyl (C=O) groups is 1. The molecule has 1 saturated carbocycles. The Labute approximate surface area is 121 Å². The van der Waals surface area contributed by atoms with Gasteiger partial charge in [-0.2, -0.15) is 0 Å². The molecule has 3 nitrogen and oxygen atoms in total. The molecule has 0 heterocycles. The summed E-state index contributed by atoms with van der Waals surface area (Å²) in [6.07, 6.45) is 8.14. The number of nitrogens with one attached hydrogen (secondary N) is 1. The maximum Gasteiger partial charge on any atom is 0.226 e. The van der Waals surface area contributed by atoms with Crippen LogP contribution in [0.25, 0.3) is 0 Å². The zero-order chi connectivity index (χ0) is 14.4. The largest absolute Gasteiger partial charge is 0.326 e. The maximum absolute atomic E-state index is 12.1. The lowest BCUT2D eigenvalue weighted by atomic mass is 9.80. The predicted octanol–water partition coefficient (Wildman–Crippen LogP) is 3.63. The van der Waals surface area contributed by atoms with Gasteiger partial charge in [-0.3, -0.25) is 4.79 Å². The summed E-state index contributed by atoms with van der Waals surface area (Å²) in [6.45, 7) is 2.17. The molecule has 110 valence electrons. The fourth-order valence-corrected chi connectivity index (χ4v) is 3.00. The first-order chi connectivity index (χ1) is 9.61. The van der Waals surface area contributed by atoms with Crippen LogP contribution in [0, 0.1) is 0 Å². The highest BCUT2D eigenvalue weighted by Crippen LogP contribution is 2.29. The topological polar surface area (TPSA) is 55.1 Å². The van der Waals surface area contributed by atoms with Crippen LogP contribution in [0.15, 0.2) is 24.3 Å². The molecule has 0 spiro atoms. The summed E-state index contributed by atoms with van der Waals surface area (Å²) >= 11 is 0. The van der Waals surface area contributed by atoms with Gasteiger partial charge < -0.3 is 11.1 Å². The summed E-state index contributed by atoms with van der Waals surface area (Å²) in [5.74, 6) is 0.0395. The van der Waals surface area contributed by atoms with E-state index in [1.54, 1.807) is 0 Å². The average Bonchev–Trinajstić information content (AvgIpc) is 2.41. The molecule has 1 aliphatic rings. The van der Waals surface area contributed by atoms with Gasteiger partial charge in [-0.05, 0) is 37.0 Å².